The molecule has 1 unspecified atom stereocenters. The average Bonchev–Trinajstić information content (AvgIpc) is 2.84. The molecule has 1 aromatic rings. The molecule has 39 heavy (non-hydrogen) atoms. The van der Waals surface area contributed by atoms with E-state index >= 15 is 0 Å². The molecule has 0 aliphatic heterocycles. The summed E-state index contributed by atoms with van der Waals surface area (Å²) in [6.07, 6.45) is 1.60. The van der Waals surface area contributed by atoms with Crippen LogP contribution in [0.2, 0.25) is 0 Å². The molecule has 3 N–H and O–H groups in total. The lowest BCUT2D eigenvalue weighted by Crippen LogP contribution is -2.60. The molecule has 0 bridgehead atoms. The highest BCUT2D eigenvalue weighted by atomic mass is 32.2. The molecule has 0 heterocycles. The quantitative estimate of drug-likeness (QED) is 0.358. The van der Waals surface area contributed by atoms with Gasteiger partial charge in [0.25, 0.3) is 0 Å². The normalized spacial score (nSPS) is 15.3. The van der Waals surface area contributed by atoms with E-state index in [-0.39, 0.29) is 23.5 Å². The summed E-state index contributed by atoms with van der Waals surface area (Å²) in [5.41, 5.74) is 0.339. The van der Waals surface area contributed by atoms with Gasteiger partial charge in [0, 0.05) is 18.2 Å². The van der Waals surface area contributed by atoms with Crippen LogP contribution in [0.4, 0.5) is 0 Å². The van der Waals surface area contributed by atoms with Gasteiger partial charge in [-0.15, -0.1) is 0 Å². The molecule has 3 amide bonds. The van der Waals surface area contributed by atoms with Gasteiger partial charge in [-0.3, -0.25) is 19.1 Å². The van der Waals surface area contributed by atoms with Gasteiger partial charge >= 0.3 is 0 Å². The smallest absolute Gasteiger partial charge is 0.249 e. The predicted octanol–water partition coefficient (Wildman–Crippen LogP) is 3.18. The van der Waals surface area contributed by atoms with E-state index in [1.54, 1.807) is 27.1 Å². The Kier molecular flexibility index (Phi) is 11.9. The number of carbonyl (C=O) groups excluding carboxylic acids is 3. The Morgan fingerprint density at radius 2 is 1.49 bits per heavy atom. The fourth-order valence-electron chi connectivity index (χ4n) is 4.39. The van der Waals surface area contributed by atoms with Gasteiger partial charge in [-0.2, -0.15) is 0 Å². The van der Waals surface area contributed by atoms with E-state index < -0.39 is 44.8 Å². The van der Waals surface area contributed by atoms with Gasteiger partial charge in [0.1, 0.15) is 6.04 Å². The van der Waals surface area contributed by atoms with Crippen LogP contribution in [0.5, 0.6) is 0 Å². The summed E-state index contributed by atoms with van der Waals surface area (Å²) in [6.45, 7) is 16.4. The van der Waals surface area contributed by atoms with Gasteiger partial charge in [-0.05, 0) is 37.8 Å². The maximum absolute atomic E-state index is 13.9. The Balaban J connectivity index is 3.32. The van der Waals surface area contributed by atoms with Crippen LogP contribution < -0.4 is 15.4 Å². The number of carbonyl (C=O) groups is 3. The van der Waals surface area contributed by atoms with E-state index in [0.717, 1.165) is 5.56 Å². The lowest BCUT2D eigenvalue weighted by molar-refractivity contribution is -0.138. The number of hydrogen-bond donors (Lipinski definition) is 3. The molecule has 0 saturated heterocycles. The summed E-state index contributed by atoms with van der Waals surface area (Å²) in [4.78, 5) is 41.5. The first-order chi connectivity index (χ1) is 17.8. The van der Waals surface area contributed by atoms with Gasteiger partial charge in [0.15, 0.2) is 0 Å². The number of benzene rings is 1. The predicted molar refractivity (Wildman–Crippen MR) is 156 cm³/mol. The van der Waals surface area contributed by atoms with Crippen LogP contribution in [0.15, 0.2) is 42.1 Å². The van der Waals surface area contributed by atoms with Gasteiger partial charge in [0.05, 0.1) is 17.7 Å². The summed E-state index contributed by atoms with van der Waals surface area (Å²) in [6, 6.07) is 8.23. The number of nitrogens with one attached hydrogen (secondary N) is 3. The van der Waals surface area contributed by atoms with E-state index in [1.165, 1.54) is 11.8 Å². The van der Waals surface area contributed by atoms with Crippen molar-refractivity contribution in [3.8, 4) is 0 Å². The van der Waals surface area contributed by atoms with Crippen LogP contribution in [0.3, 0.4) is 0 Å². The molecule has 0 saturated carbocycles. The van der Waals surface area contributed by atoms with Crippen molar-refractivity contribution in [2.24, 2.45) is 17.3 Å². The zero-order valence-corrected chi connectivity index (χ0v) is 26.2. The molecule has 10 heteroatoms. The molecule has 1 aromatic carbocycles. The lowest BCUT2D eigenvalue weighted by atomic mass is 9.76. The van der Waals surface area contributed by atoms with Gasteiger partial charge in [-0.1, -0.05) is 84.9 Å². The Morgan fingerprint density at radius 1 is 0.949 bits per heavy atom. The minimum Gasteiger partial charge on any atom is -0.342 e. The summed E-state index contributed by atoms with van der Waals surface area (Å²) in [7, 11) is -0.379. The number of allylic oxidation sites excluding steroid dienone is 1. The number of sulfonamides is 1. The fourth-order valence-corrected chi connectivity index (χ4v) is 5.03. The number of hydrogen-bond acceptors (Lipinski definition) is 6. The Morgan fingerprint density at radius 3 is 1.92 bits per heavy atom. The van der Waals surface area contributed by atoms with E-state index in [0.29, 0.717) is 5.70 Å². The minimum atomic E-state index is -3.71. The van der Waals surface area contributed by atoms with Gasteiger partial charge in [0.2, 0.25) is 27.7 Å². The Bertz CT molecular complexity index is 1140. The van der Waals surface area contributed by atoms with E-state index in [2.05, 4.69) is 15.4 Å². The van der Waals surface area contributed by atoms with Crippen LogP contribution in [0.1, 0.15) is 67.9 Å². The van der Waals surface area contributed by atoms with Crippen LogP contribution in [-0.2, 0) is 29.8 Å². The van der Waals surface area contributed by atoms with Crippen LogP contribution in [-0.4, -0.2) is 63.0 Å². The zero-order chi connectivity index (χ0) is 30.3. The maximum Gasteiger partial charge on any atom is 0.249 e. The first kappa shape index (κ1) is 34.3. The van der Waals surface area contributed by atoms with Crippen molar-refractivity contribution in [1.29, 1.82) is 0 Å². The second-order valence-corrected chi connectivity index (χ2v) is 13.9. The third-order valence-electron chi connectivity index (χ3n) is 6.97. The highest BCUT2D eigenvalue weighted by Crippen LogP contribution is 2.29. The number of likely N-dealkylation sites (N-methyl/N-ethyl adjacent to an activating group) is 2. The standard InChI is InChI=1S/C29H48N4O5S/c1-12-39(37,38)32-25(34)20(4)18-22(19(2)3)33(11)27(36)24(28(5,6)7)31-26(35)23(30-10)29(8,9)21-16-14-13-15-17-21/h13-20,23-24,30H,12H2,1-11H3,(H,31,35)(H,32,34)/b22-18+/t20?,23-,24-/m1/s1. The number of nitrogens with zero attached hydrogens (tertiary/aromatic N) is 1. The van der Waals surface area contributed by atoms with Crippen molar-refractivity contribution in [1.82, 2.24) is 20.3 Å². The fraction of sp³-hybridized carbons (Fsp3) is 0.621. The van der Waals surface area contributed by atoms with Crippen LogP contribution >= 0.6 is 0 Å². The molecule has 9 nitrogen and oxygen atoms in total. The second kappa shape index (κ2) is 13.6. The molecule has 220 valence electrons. The largest absolute Gasteiger partial charge is 0.342 e. The first-order valence-corrected chi connectivity index (χ1v) is 15.0. The Labute approximate surface area is 235 Å². The van der Waals surface area contributed by atoms with Crippen LogP contribution in [0, 0.1) is 17.3 Å². The Hall–Kier alpha value is -2.72. The molecule has 3 atom stereocenters. The highest BCUT2D eigenvalue weighted by Gasteiger charge is 2.41. The van der Waals surface area contributed by atoms with Crippen molar-refractivity contribution in [3.63, 3.8) is 0 Å². The molecule has 0 aromatic heterocycles. The summed E-state index contributed by atoms with van der Waals surface area (Å²) in [5.74, 6) is -2.49. The van der Waals surface area contributed by atoms with Crippen molar-refractivity contribution in [2.45, 2.75) is 79.8 Å². The van der Waals surface area contributed by atoms with Crippen molar-refractivity contribution >= 4 is 27.7 Å². The van der Waals surface area contributed by atoms with Crippen molar-refractivity contribution in [2.75, 3.05) is 19.8 Å². The highest BCUT2D eigenvalue weighted by molar-refractivity contribution is 7.90. The zero-order valence-electron chi connectivity index (χ0n) is 25.4. The van der Waals surface area contributed by atoms with Gasteiger partial charge in [-0.25, -0.2) is 8.42 Å². The molecule has 0 aliphatic carbocycles. The first-order valence-electron chi connectivity index (χ1n) is 13.4. The summed E-state index contributed by atoms with van der Waals surface area (Å²) in [5, 5.41) is 6.12. The third kappa shape index (κ3) is 9.17. The van der Waals surface area contributed by atoms with Crippen molar-refractivity contribution < 1.29 is 22.8 Å². The molecule has 0 fully saturated rings. The maximum atomic E-state index is 13.9. The molecule has 0 spiro atoms. The van der Waals surface area contributed by atoms with Crippen molar-refractivity contribution in [3.05, 3.63) is 47.7 Å². The molecule has 0 aliphatic rings. The lowest BCUT2D eigenvalue weighted by Gasteiger charge is -2.39. The second-order valence-electron chi connectivity index (χ2n) is 11.9. The van der Waals surface area contributed by atoms with Gasteiger partial charge < -0.3 is 15.5 Å². The molecular formula is C29H48N4O5S. The summed E-state index contributed by atoms with van der Waals surface area (Å²) >= 11 is 0. The minimum absolute atomic E-state index is 0.157. The van der Waals surface area contributed by atoms with E-state index in [1.807, 2.05) is 78.8 Å². The SMILES string of the molecule is CCS(=O)(=O)NC(=O)C(C)/C=C(\C(C)C)N(C)C(=O)[C@@H](NC(=O)[C@@H](NC)C(C)(C)c1ccccc1)C(C)(C)C. The molecular weight excluding hydrogens is 516 g/mol. The monoisotopic (exact) mass is 564 g/mol. The third-order valence-corrected chi connectivity index (χ3v) is 8.24. The van der Waals surface area contributed by atoms with E-state index in [4.69, 9.17) is 0 Å². The van der Waals surface area contributed by atoms with Crippen LogP contribution in [0.25, 0.3) is 0 Å². The summed E-state index contributed by atoms with van der Waals surface area (Å²) < 4.78 is 25.8. The topological polar surface area (TPSA) is 125 Å². The number of rotatable bonds is 12. The average molecular weight is 565 g/mol. The van der Waals surface area contributed by atoms with E-state index in [9.17, 15) is 22.8 Å². The number of amides is 3. The molecule has 1 rings (SSSR count). The molecule has 0 radical (unpaired) electrons.